The van der Waals surface area contributed by atoms with Crippen molar-refractivity contribution < 1.29 is 19.4 Å². The number of urea groups is 1. The highest BCUT2D eigenvalue weighted by Crippen LogP contribution is 2.31. The number of pyridine rings is 2. The maximum Gasteiger partial charge on any atom is 0.407 e. The number of aliphatic hydroxyl groups excluding tert-OH is 1. The van der Waals surface area contributed by atoms with Crippen LogP contribution >= 0.6 is 0 Å². The fraction of sp³-hybridized carbons (Fsp3) is 0.238. The van der Waals surface area contributed by atoms with E-state index in [4.69, 9.17) is 9.84 Å². The zero-order valence-electron chi connectivity index (χ0n) is 16.5. The molecule has 9 nitrogen and oxygen atoms in total. The number of aliphatic hydroxyl groups is 1. The molecule has 0 aliphatic rings. The topological polar surface area (TPSA) is 125 Å². The smallest absolute Gasteiger partial charge is 0.407 e. The molecule has 3 aromatic rings. The molecule has 9 heteroatoms. The van der Waals surface area contributed by atoms with Crippen molar-refractivity contribution in [2.24, 2.45) is 0 Å². The van der Waals surface area contributed by atoms with Crippen LogP contribution in [0, 0.1) is 0 Å². The minimum atomic E-state index is -0.613. The van der Waals surface area contributed by atoms with E-state index >= 15 is 0 Å². The lowest BCUT2D eigenvalue weighted by Gasteiger charge is -2.14. The van der Waals surface area contributed by atoms with Gasteiger partial charge in [0.1, 0.15) is 12.4 Å². The number of aromatic nitrogens is 2. The molecule has 0 atom stereocenters. The fourth-order valence-corrected chi connectivity index (χ4v) is 2.98. The highest BCUT2D eigenvalue weighted by Gasteiger charge is 2.12. The third kappa shape index (κ3) is 5.21. The number of carbonyl (C=O) groups excluding carboxylic acids is 2. The maximum absolute atomic E-state index is 11.9. The highest BCUT2D eigenvalue weighted by molar-refractivity contribution is 6.00. The quantitative estimate of drug-likeness (QED) is 0.475. The monoisotopic (exact) mass is 409 g/mol. The molecule has 156 valence electrons. The van der Waals surface area contributed by atoms with Gasteiger partial charge < -0.3 is 20.5 Å². The van der Waals surface area contributed by atoms with Gasteiger partial charge in [-0.05, 0) is 47.2 Å². The number of fused-ring (bicyclic) bond motifs is 1. The second kappa shape index (κ2) is 10.2. The van der Waals surface area contributed by atoms with Gasteiger partial charge >= 0.3 is 12.1 Å². The second-order valence-corrected chi connectivity index (χ2v) is 6.32. The molecule has 0 saturated carbocycles. The summed E-state index contributed by atoms with van der Waals surface area (Å²) in [5.74, 6) is 0.413. The Bertz CT molecular complexity index is 1030. The minimum Gasteiger partial charge on any atom is -0.447 e. The van der Waals surface area contributed by atoms with Gasteiger partial charge in [0.2, 0.25) is 0 Å². The lowest BCUT2D eigenvalue weighted by molar-refractivity contribution is 0.119. The molecule has 0 saturated heterocycles. The van der Waals surface area contributed by atoms with E-state index in [1.54, 1.807) is 24.7 Å². The Morgan fingerprint density at radius 2 is 1.90 bits per heavy atom. The van der Waals surface area contributed by atoms with E-state index in [0.717, 1.165) is 27.5 Å². The molecule has 3 amide bonds. The summed E-state index contributed by atoms with van der Waals surface area (Å²) in [4.78, 5) is 32.0. The molecule has 0 aliphatic heterocycles. The van der Waals surface area contributed by atoms with Crippen molar-refractivity contribution in [1.29, 1.82) is 0 Å². The fourth-order valence-electron chi connectivity index (χ4n) is 2.98. The van der Waals surface area contributed by atoms with Crippen molar-refractivity contribution in [1.82, 2.24) is 20.6 Å². The average Bonchev–Trinajstić information content (AvgIpc) is 2.76. The first kappa shape index (κ1) is 21.0. The summed E-state index contributed by atoms with van der Waals surface area (Å²) in [7, 11) is 0. The molecule has 0 bridgehead atoms. The molecule has 0 aliphatic carbocycles. The van der Waals surface area contributed by atoms with E-state index in [-0.39, 0.29) is 25.8 Å². The molecule has 2 heterocycles. The number of carbonyl (C=O) groups is 2. The van der Waals surface area contributed by atoms with Crippen molar-refractivity contribution in [3.8, 4) is 11.1 Å². The van der Waals surface area contributed by atoms with E-state index in [9.17, 15) is 9.59 Å². The van der Waals surface area contributed by atoms with E-state index in [0.29, 0.717) is 12.4 Å². The van der Waals surface area contributed by atoms with Gasteiger partial charge in [-0.15, -0.1) is 0 Å². The lowest BCUT2D eigenvalue weighted by Crippen LogP contribution is -2.28. The van der Waals surface area contributed by atoms with E-state index < -0.39 is 6.09 Å². The first-order valence-corrected chi connectivity index (χ1v) is 9.50. The number of anilines is 1. The molecule has 2 aromatic heterocycles. The third-order valence-electron chi connectivity index (χ3n) is 4.31. The van der Waals surface area contributed by atoms with Gasteiger partial charge in [0.15, 0.2) is 0 Å². The summed E-state index contributed by atoms with van der Waals surface area (Å²) in [5.41, 5.74) is 2.74. The van der Waals surface area contributed by atoms with Crippen LogP contribution in [0.4, 0.5) is 15.4 Å². The highest BCUT2D eigenvalue weighted by atomic mass is 16.6. The van der Waals surface area contributed by atoms with Gasteiger partial charge in [-0.1, -0.05) is 12.1 Å². The van der Waals surface area contributed by atoms with Gasteiger partial charge in [-0.3, -0.25) is 10.3 Å². The molecule has 30 heavy (non-hydrogen) atoms. The van der Waals surface area contributed by atoms with Gasteiger partial charge in [-0.25, -0.2) is 14.6 Å². The minimum absolute atomic E-state index is 0.0655. The van der Waals surface area contributed by atoms with E-state index in [1.165, 1.54) is 0 Å². The van der Waals surface area contributed by atoms with Crippen molar-refractivity contribution in [3.63, 3.8) is 0 Å². The summed E-state index contributed by atoms with van der Waals surface area (Å²) in [6.07, 6.45) is 4.47. The SMILES string of the molecule is CCNC(=O)Nc1cc2c(-c3ccncc3)ccc(CNC(=O)OCCO)c2cn1. The predicted molar refractivity (Wildman–Crippen MR) is 113 cm³/mol. The molecule has 4 N–H and O–H groups in total. The molecule has 0 radical (unpaired) electrons. The number of ether oxygens (including phenoxy) is 1. The maximum atomic E-state index is 11.9. The van der Waals surface area contributed by atoms with Gasteiger partial charge in [0.05, 0.1) is 6.61 Å². The van der Waals surface area contributed by atoms with Gasteiger partial charge in [0.25, 0.3) is 0 Å². The zero-order chi connectivity index (χ0) is 21.3. The molecular formula is C21H23N5O4. The number of nitrogens with one attached hydrogen (secondary N) is 3. The Balaban J connectivity index is 1.97. The van der Waals surface area contributed by atoms with Crippen LogP contribution in [0.5, 0.6) is 0 Å². The van der Waals surface area contributed by atoms with Crippen molar-refractivity contribution >= 4 is 28.7 Å². The Labute approximate surface area is 173 Å². The number of hydrogen-bond acceptors (Lipinski definition) is 6. The van der Waals surface area contributed by atoms with Crippen LogP contribution in [0.3, 0.4) is 0 Å². The summed E-state index contributed by atoms with van der Waals surface area (Å²) < 4.78 is 4.83. The summed E-state index contributed by atoms with van der Waals surface area (Å²) in [6.45, 7) is 2.26. The Morgan fingerprint density at radius 1 is 1.10 bits per heavy atom. The Morgan fingerprint density at radius 3 is 2.63 bits per heavy atom. The van der Waals surface area contributed by atoms with Crippen LogP contribution in [0.15, 0.2) is 48.9 Å². The van der Waals surface area contributed by atoms with Crippen molar-refractivity contribution in [2.45, 2.75) is 13.5 Å². The standard InChI is InChI=1S/C21H23N5O4/c1-2-23-20(28)26-19-11-17-16(14-5-7-22-8-6-14)4-3-15(18(17)13-24-19)12-25-21(29)30-10-9-27/h3-8,11,13,27H,2,9-10,12H2,1H3,(H,25,29)(H2,23,24,26,28). The molecule has 1 aromatic carbocycles. The second-order valence-electron chi connectivity index (χ2n) is 6.32. The number of alkyl carbamates (subject to hydrolysis) is 1. The number of hydrogen-bond donors (Lipinski definition) is 4. The van der Waals surface area contributed by atoms with E-state index in [2.05, 4.69) is 25.9 Å². The molecule has 0 spiro atoms. The van der Waals surface area contributed by atoms with Crippen LogP contribution < -0.4 is 16.0 Å². The molecule has 3 rings (SSSR count). The van der Waals surface area contributed by atoms with Gasteiger partial charge in [0, 0.05) is 37.1 Å². The number of amides is 3. The first-order chi connectivity index (χ1) is 14.6. The largest absolute Gasteiger partial charge is 0.447 e. The van der Waals surface area contributed by atoms with Crippen molar-refractivity contribution in [3.05, 3.63) is 54.5 Å². The zero-order valence-corrected chi connectivity index (χ0v) is 16.5. The van der Waals surface area contributed by atoms with Crippen LogP contribution in [0.1, 0.15) is 12.5 Å². The Kier molecular flexibility index (Phi) is 7.12. The van der Waals surface area contributed by atoms with E-state index in [1.807, 2.05) is 31.2 Å². The van der Waals surface area contributed by atoms with Crippen LogP contribution in [0.25, 0.3) is 21.9 Å². The van der Waals surface area contributed by atoms with Crippen LogP contribution in [0.2, 0.25) is 0 Å². The molecule has 0 unspecified atom stereocenters. The van der Waals surface area contributed by atoms with Gasteiger partial charge in [-0.2, -0.15) is 0 Å². The summed E-state index contributed by atoms with van der Waals surface area (Å²) in [5, 5.41) is 18.5. The average molecular weight is 409 g/mol. The normalized spacial score (nSPS) is 10.5. The Hall–Kier alpha value is -3.72. The predicted octanol–water partition coefficient (Wildman–Crippen LogP) is 2.66. The summed E-state index contributed by atoms with van der Waals surface area (Å²) >= 11 is 0. The van der Waals surface area contributed by atoms with Crippen LogP contribution in [-0.4, -0.2) is 47.0 Å². The lowest BCUT2D eigenvalue weighted by atomic mass is 9.96. The number of benzene rings is 1. The summed E-state index contributed by atoms with van der Waals surface area (Å²) in [6, 6.07) is 9.12. The third-order valence-corrected chi connectivity index (χ3v) is 4.31. The number of rotatable bonds is 7. The first-order valence-electron chi connectivity index (χ1n) is 9.50. The molecular weight excluding hydrogens is 386 g/mol. The van der Waals surface area contributed by atoms with Crippen molar-refractivity contribution in [2.75, 3.05) is 25.1 Å². The van der Waals surface area contributed by atoms with Crippen LogP contribution in [-0.2, 0) is 11.3 Å². The number of nitrogens with zero attached hydrogens (tertiary/aromatic N) is 2. The molecule has 0 fully saturated rings.